The fraction of sp³-hybridized carbons (Fsp3) is 0.706. The quantitative estimate of drug-likeness (QED) is 0.843. The maximum atomic E-state index is 6.31. The molecule has 1 aliphatic carbocycles. The summed E-state index contributed by atoms with van der Waals surface area (Å²) in [6.45, 7) is 8.47. The predicted octanol–water partition coefficient (Wildman–Crippen LogP) is 4.44. The molecule has 0 aliphatic heterocycles. The SMILES string of the molecule is CC(C)CNCc1cnc(OC2CCCC(C)C2)c(Cl)c1. The number of nitrogens with one attached hydrogen (secondary N) is 1. The molecule has 2 unspecified atom stereocenters. The molecule has 1 aromatic rings. The van der Waals surface area contributed by atoms with Gasteiger partial charge in [-0.2, -0.15) is 0 Å². The summed E-state index contributed by atoms with van der Waals surface area (Å²) in [6, 6.07) is 1.96. The van der Waals surface area contributed by atoms with Crippen LogP contribution < -0.4 is 10.1 Å². The van der Waals surface area contributed by atoms with E-state index in [1.165, 1.54) is 12.8 Å². The van der Waals surface area contributed by atoms with E-state index in [9.17, 15) is 0 Å². The summed E-state index contributed by atoms with van der Waals surface area (Å²) < 4.78 is 5.99. The zero-order valence-corrected chi connectivity index (χ0v) is 14.1. The molecule has 1 heterocycles. The lowest BCUT2D eigenvalue weighted by atomic mass is 9.89. The minimum atomic E-state index is 0.267. The molecule has 0 bridgehead atoms. The fourth-order valence-electron chi connectivity index (χ4n) is 2.80. The van der Waals surface area contributed by atoms with Gasteiger partial charge in [0.1, 0.15) is 11.1 Å². The average molecular weight is 311 g/mol. The summed E-state index contributed by atoms with van der Waals surface area (Å²) in [5.41, 5.74) is 1.10. The van der Waals surface area contributed by atoms with Crippen LogP contribution in [0.3, 0.4) is 0 Å². The number of nitrogens with zero attached hydrogens (tertiary/aromatic N) is 1. The third-order valence-corrected chi connectivity index (χ3v) is 4.18. The summed E-state index contributed by atoms with van der Waals surface area (Å²) in [6.07, 6.45) is 6.89. The molecule has 0 aromatic carbocycles. The first-order chi connectivity index (χ1) is 10.0. The number of aromatic nitrogens is 1. The molecule has 0 spiro atoms. The second-order valence-corrected chi connectivity index (χ2v) is 7.07. The highest BCUT2D eigenvalue weighted by molar-refractivity contribution is 6.31. The van der Waals surface area contributed by atoms with Crippen LogP contribution in [-0.2, 0) is 6.54 Å². The first-order valence-corrected chi connectivity index (χ1v) is 8.44. The van der Waals surface area contributed by atoms with Gasteiger partial charge in [0.25, 0.3) is 0 Å². The number of pyridine rings is 1. The molecule has 0 amide bonds. The topological polar surface area (TPSA) is 34.2 Å². The summed E-state index contributed by atoms with van der Waals surface area (Å²) in [4.78, 5) is 4.40. The lowest BCUT2D eigenvalue weighted by Gasteiger charge is -2.27. The Morgan fingerprint density at radius 2 is 2.24 bits per heavy atom. The molecule has 1 aliphatic rings. The Bertz CT molecular complexity index is 450. The maximum Gasteiger partial charge on any atom is 0.232 e. The van der Waals surface area contributed by atoms with Crippen molar-refractivity contribution in [3.63, 3.8) is 0 Å². The van der Waals surface area contributed by atoms with Crippen LogP contribution in [0, 0.1) is 11.8 Å². The van der Waals surface area contributed by atoms with Crippen molar-refractivity contribution in [2.45, 2.75) is 59.1 Å². The lowest BCUT2D eigenvalue weighted by Crippen LogP contribution is -2.24. The van der Waals surface area contributed by atoms with E-state index in [-0.39, 0.29) is 6.10 Å². The van der Waals surface area contributed by atoms with Crippen molar-refractivity contribution < 1.29 is 4.74 Å². The van der Waals surface area contributed by atoms with Crippen molar-refractivity contribution in [3.05, 3.63) is 22.8 Å². The third-order valence-electron chi connectivity index (χ3n) is 3.91. The summed E-state index contributed by atoms with van der Waals surface area (Å²) in [5, 5.41) is 4.02. The van der Waals surface area contributed by atoms with Gasteiger partial charge < -0.3 is 10.1 Å². The van der Waals surface area contributed by atoms with Crippen molar-refractivity contribution in [2.75, 3.05) is 6.54 Å². The van der Waals surface area contributed by atoms with Gasteiger partial charge in [-0.3, -0.25) is 0 Å². The molecule has 2 atom stereocenters. The van der Waals surface area contributed by atoms with Crippen molar-refractivity contribution in [2.24, 2.45) is 11.8 Å². The zero-order valence-electron chi connectivity index (χ0n) is 13.4. The van der Waals surface area contributed by atoms with Gasteiger partial charge in [-0.15, -0.1) is 0 Å². The monoisotopic (exact) mass is 310 g/mol. The van der Waals surface area contributed by atoms with E-state index in [1.807, 2.05) is 12.3 Å². The van der Waals surface area contributed by atoms with Crippen LogP contribution in [-0.4, -0.2) is 17.6 Å². The molecule has 1 saturated carbocycles. The molecule has 118 valence electrons. The number of ether oxygens (including phenoxy) is 1. The molecular formula is C17H27ClN2O. The Labute approximate surface area is 133 Å². The van der Waals surface area contributed by atoms with Crippen LogP contribution >= 0.6 is 11.6 Å². The second kappa shape index (κ2) is 8.00. The van der Waals surface area contributed by atoms with E-state index in [2.05, 4.69) is 31.1 Å². The van der Waals surface area contributed by atoms with Crippen LogP contribution in [0.4, 0.5) is 0 Å². The molecule has 21 heavy (non-hydrogen) atoms. The zero-order chi connectivity index (χ0) is 15.2. The van der Waals surface area contributed by atoms with E-state index >= 15 is 0 Å². The Kier molecular flexibility index (Phi) is 6.31. The lowest BCUT2D eigenvalue weighted by molar-refractivity contribution is 0.124. The van der Waals surface area contributed by atoms with Gasteiger partial charge in [-0.25, -0.2) is 4.98 Å². The van der Waals surface area contributed by atoms with Gasteiger partial charge in [-0.05, 0) is 49.3 Å². The number of hydrogen-bond acceptors (Lipinski definition) is 3. The Hall–Kier alpha value is -0.800. The first-order valence-electron chi connectivity index (χ1n) is 8.06. The second-order valence-electron chi connectivity index (χ2n) is 6.67. The summed E-state index contributed by atoms with van der Waals surface area (Å²) >= 11 is 6.31. The van der Waals surface area contributed by atoms with E-state index in [4.69, 9.17) is 16.3 Å². The Balaban J connectivity index is 1.89. The maximum absolute atomic E-state index is 6.31. The first kappa shape index (κ1) is 16.6. The highest BCUT2D eigenvalue weighted by Gasteiger charge is 2.21. The van der Waals surface area contributed by atoms with Gasteiger partial charge in [0.15, 0.2) is 0 Å². The van der Waals surface area contributed by atoms with Gasteiger partial charge in [0, 0.05) is 12.7 Å². The Morgan fingerprint density at radius 3 is 2.90 bits per heavy atom. The Morgan fingerprint density at radius 1 is 1.43 bits per heavy atom. The molecule has 1 fully saturated rings. The van der Waals surface area contributed by atoms with Crippen molar-refractivity contribution >= 4 is 11.6 Å². The van der Waals surface area contributed by atoms with Crippen molar-refractivity contribution in [1.82, 2.24) is 10.3 Å². The highest BCUT2D eigenvalue weighted by atomic mass is 35.5. The van der Waals surface area contributed by atoms with E-state index in [0.717, 1.165) is 37.4 Å². The number of halogens is 1. The molecule has 2 rings (SSSR count). The number of hydrogen-bond donors (Lipinski definition) is 1. The molecular weight excluding hydrogens is 284 g/mol. The van der Waals surface area contributed by atoms with Gasteiger partial charge in [0.2, 0.25) is 5.88 Å². The molecule has 1 aromatic heterocycles. The van der Waals surface area contributed by atoms with E-state index < -0.39 is 0 Å². The molecule has 3 nitrogen and oxygen atoms in total. The van der Waals surface area contributed by atoms with Crippen LogP contribution in [0.25, 0.3) is 0 Å². The van der Waals surface area contributed by atoms with Gasteiger partial charge >= 0.3 is 0 Å². The molecule has 1 N–H and O–H groups in total. The standard InChI is InChI=1S/C17H27ClN2O/c1-12(2)9-19-10-14-8-16(18)17(20-11-14)21-15-6-4-5-13(3)7-15/h8,11-13,15,19H,4-7,9-10H2,1-3H3. The molecule has 0 saturated heterocycles. The number of rotatable bonds is 6. The normalized spacial score (nSPS) is 22.5. The summed E-state index contributed by atoms with van der Waals surface area (Å²) in [7, 11) is 0. The van der Waals surface area contributed by atoms with Crippen LogP contribution in [0.5, 0.6) is 5.88 Å². The minimum absolute atomic E-state index is 0.267. The average Bonchev–Trinajstić information content (AvgIpc) is 2.41. The van der Waals surface area contributed by atoms with Crippen molar-refractivity contribution in [1.29, 1.82) is 0 Å². The van der Waals surface area contributed by atoms with Crippen LogP contribution in [0.15, 0.2) is 12.3 Å². The van der Waals surface area contributed by atoms with Crippen molar-refractivity contribution in [3.8, 4) is 5.88 Å². The van der Waals surface area contributed by atoms with Gasteiger partial charge in [0.05, 0.1) is 0 Å². The van der Waals surface area contributed by atoms with E-state index in [1.54, 1.807) is 0 Å². The minimum Gasteiger partial charge on any atom is -0.473 e. The predicted molar refractivity (Wildman–Crippen MR) is 87.8 cm³/mol. The molecule has 0 radical (unpaired) electrons. The van der Waals surface area contributed by atoms with Gasteiger partial charge in [-0.1, -0.05) is 38.8 Å². The van der Waals surface area contributed by atoms with Crippen LogP contribution in [0.1, 0.15) is 52.0 Å². The van der Waals surface area contributed by atoms with Crippen LogP contribution in [0.2, 0.25) is 5.02 Å². The third kappa shape index (κ3) is 5.48. The summed E-state index contributed by atoms with van der Waals surface area (Å²) in [5.74, 6) is 1.97. The fourth-order valence-corrected chi connectivity index (χ4v) is 3.03. The molecule has 4 heteroatoms. The largest absolute Gasteiger partial charge is 0.473 e. The van der Waals surface area contributed by atoms with E-state index in [0.29, 0.717) is 16.8 Å². The highest BCUT2D eigenvalue weighted by Crippen LogP contribution is 2.30. The smallest absolute Gasteiger partial charge is 0.232 e.